The van der Waals surface area contributed by atoms with Crippen LogP contribution >= 0.6 is 0 Å². The zero-order valence-corrected chi connectivity index (χ0v) is 9.60. The summed E-state index contributed by atoms with van der Waals surface area (Å²) in [7, 11) is 0. The minimum absolute atomic E-state index is 1.22. The molecule has 0 heteroatoms. The highest BCUT2D eigenvalue weighted by molar-refractivity contribution is 5.51. The average molecular weight is 190 g/mol. The van der Waals surface area contributed by atoms with Crippen LogP contribution in [0.4, 0.5) is 0 Å². The van der Waals surface area contributed by atoms with Crippen LogP contribution in [0.15, 0.2) is 35.5 Å². The molecule has 0 aromatic rings. The molecule has 14 heavy (non-hydrogen) atoms. The lowest BCUT2D eigenvalue weighted by atomic mass is 10.0. The Labute approximate surface area is 88.4 Å². The zero-order valence-electron chi connectivity index (χ0n) is 9.60. The Morgan fingerprint density at radius 3 is 2.36 bits per heavy atom. The fraction of sp³-hybridized carbons (Fsp3) is 0.571. The predicted molar refractivity (Wildman–Crippen MR) is 64.4 cm³/mol. The van der Waals surface area contributed by atoms with E-state index in [0.717, 1.165) is 0 Å². The molecule has 0 aromatic heterocycles. The van der Waals surface area contributed by atoms with Crippen molar-refractivity contribution in [3.63, 3.8) is 0 Å². The Bertz CT molecular complexity index is 253. The number of rotatable bonds is 6. The predicted octanol–water partition coefficient (Wildman–Crippen LogP) is 4.79. The van der Waals surface area contributed by atoms with E-state index in [1.54, 1.807) is 0 Å². The molecule has 0 amide bonds. The number of hydrogen-bond acceptors (Lipinski definition) is 0. The van der Waals surface area contributed by atoms with Crippen LogP contribution in [0.3, 0.4) is 0 Å². The first-order chi connectivity index (χ1) is 6.75. The maximum atomic E-state index is 4.06. The van der Waals surface area contributed by atoms with Gasteiger partial charge in [-0.3, -0.25) is 0 Å². The number of allylic oxidation sites excluding steroid dienone is 5. The van der Waals surface area contributed by atoms with Gasteiger partial charge in [-0.25, -0.2) is 0 Å². The molecule has 0 radical (unpaired) electrons. The standard InChI is InChI=1S/C14H22/c1-4-5-6-7-8-9-14-12(2)10-11-13(14)3/h10-11H,2,4-9H2,1,3H3. The van der Waals surface area contributed by atoms with Crippen molar-refractivity contribution >= 4 is 0 Å². The Hall–Kier alpha value is -0.780. The van der Waals surface area contributed by atoms with Crippen LogP contribution < -0.4 is 0 Å². The molecule has 78 valence electrons. The summed E-state index contributed by atoms with van der Waals surface area (Å²) in [6.45, 7) is 8.51. The van der Waals surface area contributed by atoms with Crippen molar-refractivity contribution in [1.82, 2.24) is 0 Å². The van der Waals surface area contributed by atoms with Crippen LogP contribution in [0, 0.1) is 0 Å². The second-order valence-electron chi connectivity index (χ2n) is 4.18. The van der Waals surface area contributed by atoms with Gasteiger partial charge in [0.2, 0.25) is 0 Å². The van der Waals surface area contributed by atoms with Gasteiger partial charge in [0, 0.05) is 0 Å². The van der Waals surface area contributed by atoms with E-state index in [2.05, 4.69) is 32.6 Å². The maximum absolute atomic E-state index is 4.06. The quantitative estimate of drug-likeness (QED) is 0.528. The summed E-state index contributed by atoms with van der Waals surface area (Å²) in [5, 5.41) is 0. The van der Waals surface area contributed by atoms with E-state index in [-0.39, 0.29) is 0 Å². The molecule has 1 aliphatic rings. The highest BCUT2D eigenvalue weighted by Gasteiger charge is 2.08. The molecule has 1 rings (SSSR count). The second-order valence-corrected chi connectivity index (χ2v) is 4.18. The fourth-order valence-electron chi connectivity index (χ4n) is 1.94. The first-order valence-electron chi connectivity index (χ1n) is 5.82. The Balaban J connectivity index is 2.19. The van der Waals surface area contributed by atoms with Crippen LogP contribution in [-0.2, 0) is 0 Å². The summed E-state index contributed by atoms with van der Waals surface area (Å²) in [4.78, 5) is 0. The Morgan fingerprint density at radius 2 is 1.79 bits per heavy atom. The molecule has 0 atom stereocenters. The average Bonchev–Trinajstić information content (AvgIpc) is 2.48. The van der Waals surface area contributed by atoms with Gasteiger partial charge >= 0.3 is 0 Å². The third-order valence-electron chi connectivity index (χ3n) is 2.93. The van der Waals surface area contributed by atoms with E-state index in [9.17, 15) is 0 Å². The molecule has 0 N–H and O–H groups in total. The van der Waals surface area contributed by atoms with Crippen molar-refractivity contribution in [2.45, 2.75) is 52.4 Å². The van der Waals surface area contributed by atoms with Gasteiger partial charge in [0.05, 0.1) is 0 Å². The monoisotopic (exact) mass is 190 g/mol. The molecule has 0 fully saturated rings. The third-order valence-corrected chi connectivity index (χ3v) is 2.93. The molecular weight excluding hydrogens is 168 g/mol. The molecule has 0 saturated heterocycles. The summed E-state index contributed by atoms with van der Waals surface area (Å²) in [5.74, 6) is 0. The number of unbranched alkanes of at least 4 members (excludes halogenated alkanes) is 4. The van der Waals surface area contributed by atoms with Gasteiger partial charge in [-0.1, -0.05) is 51.3 Å². The molecule has 0 aromatic carbocycles. The van der Waals surface area contributed by atoms with Gasteiger partial charge < -0.3 is 0 Å². The van der Waals surface area contributed by atoms with Crippen LogP contribution in [0.5, 0.6) is 0 Å². The van der Waals surface area contributed by atoms with Gasteiger partial charge in [0.15, 0.2) is 0 Å². The van der Waals surface area contributed by atoms with E-state index in [0.29, 0.717) is 0 Å². The van der Waals surface area contributed by atoms with Crippen molar-refractivity contribution in [3.05, 3.63) is 35.5 Å². The van der Waals surface area contributed by atoms with Gasteiger partial charge in [-0.2, -0.15) is 0 Å². The van der Waals surface area contributed by atoms with Crippen molar-refractivity contribution in [2.24, 2.45) is 0 Å². The van der Waals surface area contributed by atoms with Crippen LogP contribution in [0.2, 0.25) is 0 Å². The van der Waals surface area contributed by atoms with Gasteiger partial charge in [-0.05, 0) is 36.5 Å². The Kier molecular flexibility index (Phi) is 4.72. The SMILES string of the molecule is C=C1C=CC(C)=C1CCCCCCC. The van der Waals surface area contributed by atoms with Crippen LogP contribution in [-0.4, -0.2) is 0 Å². The molecule has 0 spiro atoms. The van der Waals surface area contributed by atoms with E-state index >= 15 is 0 Å². The molecule has 0 bridgehead atoms. The second kappa shape index (κ2) is 5.85. The van der Waals surface area contributed by atoms with Crippen molar-refractivity contribution in [1.29, 1.82) is 0 Å². The Morgan fingerprint density at radius 1 is 1.07 bits per heavy atom. The van der Waals surface area contributed by atoms with E-state index < -0.39 is 0 Å². The summed E-state index contributed by atoms with van der Waals surface area (Å²) in [6.07, 6.45) is 12.4. The van der Waals surface area contributed by atoms with Crippen LogP contribution in [0.1, 0.15) is 52.4 Å². The summed E-state index contributed by atoms with van der Waals surface area (Å²) < 4.78 is 0. The minimum atomic E-state index is 1.22. The minimum Gasteiger partial charge on any atom is -0.0915 e. The summed E-state index contributed by atoms with van der Waals surface area (Å²) in [6, 6.07) is 0. The topological polar surface area (TPSA) is 0 Å². The molecule has 0 nitrogen and oxygen atoms in total. The van der Waals surface area contributed by atoms with E-state index in [1.807, 2.05) is 0 Å². The molecule has 1 aliphatic carbocycles. The number of hydrogen-bond donors (Lipinski definition) is 0. The lowest BCUT2D eigenvalue weighted by Gasteiger charge is -2.05. The zero-order chi connectivity index (χ0) is 10.4. The highest BCUT2D eigenvalue weighted by Crippen LogP contribution is 2.27. The lowest BCUT2D eigenvalue weighted by Crippen LogP contribution is -1.86. The normalized spacial score (nSPS) is 15.7. The largest absolute Gasteiger partial charge is 0.0915 e. The lowest BCUT2D eigenvalue weighted by molar-refractivity contribution is 0.632. The smallest absolute Gasteiger partial charge is 0.0271 e. The van der Waals surface area contributed by atoms with Crippen molar-refractivity contribution in [2.75, 3.05) is 0 Å². The third kappa shape index (κ3) is 3.17. The van der Waals surface area contributed by atoms with Gasteiger partial charge in [0.1, 0.15) is 0 Å². The fourth-order valence-corrected chi connectivity index (χ4v) is 1.94. The highest BCUT2D eigenvalue weighted by atomic mass is 14.1. The molecule has 0 saturated carbocycles. The van der Waals surface area contributed by atoms with Gasteiger partial charge in [0.25, 0.3) is 0 Å². The molecule has 0 aliphatic heterocycles. The first-order valence-corrected chi connectivity index (χ1v) is 5.82. The van der Waals surface area contributed by atoms with Crippen molar-refractivity contribution < 1.29 is 0 Å². The molecular formula is C14H22. The van der Waals surface area contributed by atoms with E-state index in [1.165, 1.54) is 55.2 Å². The van der Waals surface area contributed by atoms with Crippen LogP contribution in [0.25, 0.3) is 0 Å². The first kappa shape index (κ1) is 11.3. The maximum Gasteiger partial charge on any atom is -0.0271 e. The molecule has 0 heterocycles. The van der Waals surface area contributed by atoms with Gasteiger partial charge in [-0.15, -0.1) is 0 Å². The summed E-state index contributed by atoms with van der Waals surface area (Å²) >= 11 is 0. The van der Waals surface area contributed by atoms with Crippen molar-refractivity contribution in [3.8, 4) is 0 Å². The summed E-state index contributed by atoms with van der Waals surface area (Å²) in [5.41, 5.74) is 4.14. The van der Waals surface area contributed by atoms with E-state index in [4.69, 9.17) is 0 Å². The molecule has 0 unspecified atom stereocenters.